The van der Waals surface area contributed by atoms with Crippen LogP contribution in [0.5, 0.6) is 5.75 Å². The van der Waals surface area contributed by atoms with Crippen LogP contribution in [0.25, 0.3) is 11.8 Å². The Bertz CT molecular complexity index is 1350. The number of sulfone groups is 1. The minimum Gasteiger partial charge on any atom is -0.492 e. The van der Waals surface area contributed by atoms with Crippen molar-refractivity contribution in [2.45, 2.75) is 25.9 Å². The molecular weight excluding hydrogens is 450 g/mol. The van der Waals surface area contributed by atoms with Crippen molar-refractivity contribution >= 4 is 38.5 Å². The fraction of sp³-hybridized carbons (Fsp3) is 0.238. The second kappa shape index (κ2) is 9.33. The van der Waals surface area contributed by atoms with Crippen molar-refractivity contribution in [1.29, 1.82) is 5.26 Å². The topological polar surface area (TPSA) is 127 Å². The van der Waals surface area contributed by atoms with Gasteiger partial charge in [0.05, 0.1) is 12.3 Å². The predicted octanol–water partition coefficient (Wildman–Crippen LogP) is 3.29. The number of anilines is 1. The number of amides is 1. The molecule has 0 spiro atoms. The number of aromatic nitrogens is 3. The molecule has 0 saturated carbocycles. The lowest BCUT2D eigenvalue weighted by atomic mass is 10.1. The van der Waals surface area contributed by atoms with Crippen LogP contribution in [0.15, 0.2) is 41.1 Å². The first-order valence-corrected chi connectivity index (χ1v) is 12.2. The lowest BCUT2D eigenvalue weighted by molar-refractivity contribution is -0.112. The van der Waals surface area contributed by atoms with Gasteiger partial charge in [0.25, 0.3) is 11.1 Å². The van der Waals surface area contributed by atoms with Crippen LogP contribution >= 0.6 is 11.5 Å². The molecule has 0 atom stereocenters. The van der Waals surface area contributed by atoms with Gasteiger partial charge in [-0.2, -0.15) is 14.6 Å². The average Bonchev–Trinajstić information content (AvgIpc) is 3.31. The van der Waals surface area contributed by atoms with E-state index in [1.165, 1.54) is 6.08 Å². The molecule has 3 rings (SSSR count). The zero-order chi connectivity index (χ0) is 23.5. The minimum absolute atomic E-state index is 0.00677. The highest BCUT2D eigenvalue weighted by Gasteiger charge is 2.19. The lowest BCUT2D eigenvalue weighted by Crippen LogP contribution is -2.13. The van der Waals surface area contributed by atoms with Crippen LogP contribution in [0.2, 0.25) is 0 Å². The molecule has 3 aromatic rings. The third-order valence-electron chi connectivity index (χ3n) is 4.50. The second-order valence-electron chi connectivity index (χ2n) is 6.84. The fourth-order valence-corrected chi connectivity index (χ4v) is 4.54. The molecule has 9 nitrogen and oxygen atoms in total. The van der Waals surface area contributed by atoms with Crippen molar-refractivity contribution in [3.63, 3.8) is 0 Å². The molecule has 0 aliphatic heterocycles. The number of nitriles is 1. The van der Waals surface area contributed by atoms with Crippen molar-refractivity contribution < 1.29 is 17.9 Å². The van der Waals surface area contributed by atoms with Gasteiger partial charge in [0.2, 0.25) is 15.0 Å². The van der Waals surface area contributed by atoms with Crippen LogP contribution in [0, 0.1) is 25.2 Å². The van der Waals surface area contributed by atoms with Crippen molar-refractivity contribution in [2.75, 3.05) is 18.2 Å². The Hall–Kier alpha value is -3.49. The van der Waals surface area contributed by atoms with E-state index in [1.807, 2.05) is 61.7 Å². The van der Waals surface area contributed by atoms with E-state index in [0.717, 1.165) is 40.6 Å². The molecule has 0 fully saturated rings. The van der Waals surface area contributed by atoms with Crippen LogP contribution in [0.3, 0.4) is 0 Å². The van der Waals surface area contributed by atoms with Gasteiger partial charge in [-0.1, -0.05) is 12.1 Å². The van der Waals surface area contributed by atoms with Crippen LogP contribution in [-0.4, -0.2) is 41.1 Å². The number of nitrogens with zero attached hydrogens (tertiary/aromatic N) is 4. The summed E-state index contributed by atoms with van der Waals surface area (Å²) in [5.41, 5.74) is 3.12. The number of carbonyl (C=O) groups is 1. The Kier molecular flexibility index (Phi) is 6.76. The van der Waals surface area contributed by atoms with Gasteiger partial charge in [0, 0.05) is 29.2 Å². The highest BCUT2D eigenvalue weighted by molar-refractivity contribution is 7.90. The first-order chi connectivity index (χ1) is 15.2. The van der Waals surface area contributed by atoms with E-state index in [4.69, 9.17) is 4.74 Å². The normalized spacial score (nSPS) is 11.8. The summed E-state index contributed by atoms with van der Waals surface area (Å²) in [6.45, 7) is 6.24. The second-order valence-corrected chi connectivity index (χ2v) is 9.50. The molecule has 0 aliphatic rings. The molecule has 1 N–H and O–H groups in total. The number of para-hydroxylation sites is 2. The Balaban J connectivity index is 1.93. The van der Waals surface area contributed by atoms with E-state index in [9.17, 15) is 18.5 Å². The fourth-order valence-electron chi connectivity index (χ4n) is 3.10. The molecule has 0 radical (unpaired) electrons. The largest absolute Gasteiger partial charge is 0.492 e. The van der Waals surface area contributed by atoms with Gasteiger partial charge in [0.15, 0.2) is 0 Å². The molecule has 0 aliphatic carbocycles. The van der Waals surface area contributed by atoms with Crippen molar-refractivity contribution in [1.82, 2.24) is 13.9 Å². The number of hydrogen-bond donors (Lipinski definition) is 1. The maximum Gasteiger partial charge on any atom is 0.268 e. The summed E-state index contributed by atoms with van der Waals surface area (Å²) in [7, 11) is -3.59. The molecule has 0 unspecified atom stereocenters. The van der Waals surface area contributed by atoms with Crippen LogP contribution in [0.4, 0.5) is 5.13 Å². The number of nitrogens with one attached hydrogen (secondary N) is 1. The Morgan fingerprint density at radius 1 is 1.34 bits per heavy atom. The number of carbonyl (C=O) groups excluding carboxylic acids is 1. The summed E-state index contributed by atoms with van der Waals surface area (Å²) in [6, 6.07) is 11.4. The van der Waals surface area contributed by atoms with Gasteiger partial charge in [-0.05, 0) is 50.6 Å². The van der Waals surface area contributed by atoms with E-state index in [-0.39, 0.29) is 15.9 Å². The molecule has 0 bridgehead atoms. The third-order valence-corrected chi connectivity index (χ3v) is 6.09. The van der Waals surface area contributed by atoms with Crippen molar-refractivity contribution in [3.05, 3.63) is 52.9 Å². The van der Waals surface area contributed by atoms with Crippen molar-refractivity contribution in [2.24, 2.45) is 0 Å². The number of benzene rings is 1. The lowest BCUT2D eigenvalue weighted by Gasteiger charge is -2.14. The number of hydrogen-bond acceptors (Lipinski definition) is 8. The maximum atomic E-state index is 12.6. The number of ether oxygens (including phenoxy) is 1. The third kappa shape index (κ3) is 4.87. The van der Waals surface area contributed by atoms with Gasteiger partial charge in [-0.15, -0.1) is 0 Å². The molecule has 2 aromatic heterocycles. The molecule has 2 heterocycles. The molecule has 0 saturated heterocycles. The Labute approximate surface area is 190 Å². The van der Waals surface area contributed by atoms with E-state index >= 15 is 0 Å². The summed E-state index contributed by atoms with van der Waals surface area (Å²) >= 11 is 0.725. The average molecular weight is 472 g/mol. The van der Waals surface area contributed by atoms with E-state index in [0.29, 0.717) is 12.2 Å². The van der Waals surface area contributed by atoms with Crippen LogP contribution < -0.4 is 10.1 Å². The Morgan fingerprint density at radius 2 is 2.06 bits per heavy atom. The van der Waals surface area contributed by atoms with Gasteiger partial charge in [-0.3, -0.25) is 10.1 Å². The SMILES string of the molecule is CCOc1ccccc1-n1c(C)cc(/C=C(/C#N)C(=O)Nc2nc(S(C)(=O)=O)ns2)c1C. The van der Waals surface area contributed by atoms with E-state index in [1.54, 1.807) is 0 Å². The number of aryl methyl sites for hydroxylation is 1. The van der Waals surface area contributed by atoms with Gasteiger partial charge < -0.3 is 9.30 Å². The summed E-state index contributed by atoms with van der Waals surface area (Å²) in [5.74, 6) is 0.0201. The first-order valence-electron chi connectivity index (χ1n) is 9.53. The summed E-state index contributed by atoms with van der Waals surface area (Å²) in [6.07, 6.45) is 2.46. The van der Waals surface area contributed by atoms with E-state index < -0.39 is 15.7 Å². The molecular formula is C21H21N5O4S2. The smallest absolute Gasteiger partial charge is 0.268 e. The van der Waals surface area contributed by atoms with Crippen LogP contribution in [0.1, 0.15) is 23.9 Å². The standard InChI is InChI=1S/C21H21N5O4S2/c1-5-30-18-9-7-6-8-17(18)26-13(2)10-15(14(26)3)11-16(12-22)19(27)23-20-24-21(25-31-20)32(4,28)29/h6-11H,5H2,1-4H3,(H,23,24,25,27)/b16-11-. The van der Waals surface area contributed by atoms with Gasteiger partial charge in [0.1, 0.15) is 17.4 Å². The monoisotopic (exact) mass is 471 g/mol. The zero-order valence-corrected chi connectivity index (χ0v) is 19.5. The highest BCUT2D eigenvalue weighted by Crippen LogP contribution is 2.29. The van der Waals surface area contributed by atoms with Gasteiger partial charge in [-0.25, -0.2) is 8.42 Å². The molecule has 1 aromatic carbocycles. The Morgan fingerprint density at radius 3 is 2.69 bits per heavy atom. The molecule has 1 amide bonds. The zero-order valence-electron chi connectivity index (χ0n) is 17.9. The quantitative estimate of drug-likeness (QED) is 0.414. The summed E-state index contributed by atoms with van der Waals surface area (Å²) < 4.78 is 34.5. The molecule has 32 heavy (non-hydrogen) atoms. The summed E-state index contributed by atoms with van der Waals surface area (Å²) in [5, 5.41) is 11.6. The summed E-state index contributed by atoms with van der Waals surface area (Å²) in [4.78, 5) is 16.4. The van der Waals surface area contributed by atoms with Gasteiger partial charge >= 0.3 is 0 Å². The molecule has 166 valence electrons. The van der Waals surface area contributed by atoms with E-state index in [2.05, 4.69) is 14.7 Å². The highest BCUT2D eigenvalue weighted by atomic mass is 32.2. The maximum absolute atomic E-state index is 12.6. The first kappa shape index (κ1) is 23.2. The van der Waals surface area contributed by atoms with Crippen molar-refractivity contribution in [3.8, 4) is 17.5 Å². The van der Waals surface area contributed by atoms with Crippen LogP contribution in [-0.2, 0) is 14.6 Å². The molecule has 11 heteroatoms. The number of rotatable bonds is 7. The minimum atomic E-state index is -3.59. The predicted molar refractivity (Wildman–Crippen MR) is 122 cm³/mol.